The predicted octanol–water partition coefficient (Wildman–Crippen LogP) is 1.62. The molecule has 7 nitrogen and oxygen atoms in total. The average molecular weight is 276 g/mol. The molecule has 3 rings (SSSR count). The Balaban J connectivity index is 1.53. The summed E-state index contributed by atoms with van der Waals surface area (Å²) >= 11 is 0. The van der Waals surface area contributed by atoms with E-state index in [-0.39, 0.29) is 0 Å². The standard InChI is InChI=1S/C13H20N6O/c1-10(2)13-16-12(20-17-13)7-18-5-3-11(4-6-18)19-9-14-8-15-19/h8-11H,3-7H2,1-2H3. The summed E-state index contributed by atoms with van der Waals surface area (Å²) in [6.07, 6.45) is 5.55. The van der Waals surface area contributed by atoms with E-state index in [0.29, 0.717) is 17.9 Å². The number of hydrogen-bond acceptors (Lipinski definition) is 6. The van der Waals surface area contributed by atoms with E-state index in [1.165, 1.54) is 0 Å². The first-order chi connectivity index (χ1) is 9.72. The van der Waals surface area contributed by atoms with E-state index in [1.807, 2.05) is 4.68 Å². The molecule has 1 aliphatic rings. The molecular formula is C13H20N6O. The maximum atomic E-state index is 5.30. The summed E-state index contributed by atoms with van der Waals surface area (Å²) in [5.41, 5.74) is 0. The maximum absolute atomic E-state index is 5.30. The van der Waals surface area contributed by atoms with Gasteiger partial charge in [-0.2, -0.15) is 10.1 Å². The summed E-state index contributed by atoms with van der Waals surface area (Å²) in [5.74, 6) is 1.82. The van der Waals surface area contributed by atoms with Gasteiger partial charge in [0.1, 0.15) is 12.7 Å². The van der Waals surface area contributed by atoms with Crippen molar-refractivity contribution in [3.8, 4) is 0 Å². The number of hydrogen-bond donors (Lipinski definition) is 0. The van der Waals surface area contributed by atoms with Crippen LogP contribution in [-0.2, 0) is 6.54 Å². The molecule has 0 amide bonds. The van der Waals surface area contributed by atoms with Crippen LogP contribution in [-0.4, -0.2) is 42.9 Å². The van der Waals surface area contributed by atoms with Gasteiger partial charge in [0.25, 0.3) is 0 Å². The van der Waals surface area contributed by atoms with E-state index >= 15 is 0 Å². The van der Waals surface area contributed by atoms with Crippen molar-refractivity contribution < 1.29 is 4.52 Å². The molecule has 0 spiro atoms. The van der Waals surface area contributed by atoms with Crippen molar-refractivity contribution in [1.29, 1.82) is 0 Å². The number of rotatable bonds is 4. The van der Waals surface area contributed by atoms with Crippen LogP contribution in [0.5, 0.6) is 0 Å². The second-order valence-electron chi connectivity index (χ2n) is 5.58. The molecule has 7 heteroatoms. The molecule has 0 unspecified atom stereocenters. The van der Waals surface area contributed by atoms with Gasteiger partial charge in [-0.05, 0) is 12.8 Å². The molecule has 20 heavy (non-hydrogen) atoms. The van der Waals surface area contributed by atoms with Gasteiger partial charge in [-0.15, -0.1) is 0 Å². The molecule has 0 N–H and O–H groups in total. The van der Waals surface area contributed by atoms with Crippen molar-refractivity contribution in [3.63, 3.8) is 0 Å². The smallest absolute Gasteiger partial charge is 0.240 e. The van der Waals surface area contributed by atoms with Gasteiger partial charge in [-0.1, -0.05) is 19.0 Å². The first-order valence-electron chi connectivity index (χ1n) is 7.11. The van der Waals surface area contributed by atoms with Gasteiger partial charge < -0.3 is 4.52 Å². The molecular weight excluding hydrogens is 256 g/mol. The fraction of sp³-hybridized carbons (Fsp3) is 0.692. The molecule has 108 valence electrons. The molecule has 2 aromatic rings. The van der Waals surface area contributed by atoms with E-state index in [9.17, 15) is 0 Å². The summed E-state index contributed by atoms with van der Waals surface area (Å²) in [6.45, 7) is 6.91. The third kappa shape index (κ3) is 2.87. The number of piperidine rings is 1. The summed E-state index contributed by atoms with van der Waals surface area (Å²) in [4.78, 5) is 10.8. The normalized spacial score (nSPS) is 17.9. The first-order valence-corrected chi connectivity index (χ1v) is 7.11. The highest BCUT2D eigenvalue weighted by atomic mass is 16.5. The zero-order valence-electron chi connectivity index (χ0n) is 11.9. The van der Waals surface area contributed by atoms with Crippen LogP contribution in [0.4, 0.5) is 0 Å². The van der Waals surface area contributed by atoms with Crippen molar-refractivity contribution in [2.45, 2.75) is 45.2 Å². The zero-order chi connectivity index (χ0) is 13.9. The minimum Gasteiger partial charge on any atom is -0.338 e. The fourth-order valence-corrected chi connectivity index (χ4v) is 2.51. The quantitative estimate of drug-likeness (QED) is 0.845. The third-order valence-corrected chi connectivity index (χ3v) is 3.73. The van der Waals surface area contributed by atoms with Gasteiger partial charge in [0.05, 0.1) is 12.6 Å². The van der Waals surface area contributed by atoms with Gasteiger partial charge in [0.15, 0.2) is 5.82 Å². The maximum Gasteiger partial charge on any atom is 0.240 e. The highest BCUT2D eigenvalue weighted by Gasteiger charge is 2.22. The van der Waals surface area contributed by atoms with Gasteiger partial charge >= 0.3 is 0 Å². The minimum absolute atomic E-state index is 0.311. The Kier molecular flexibility index (Phi) is 3.77. The van der Waals surface area contributed by atoms with Crippen molar-refractivity contribution >= 4 is 0 Å². The highest BCUT2D eigenvalue weighted by Crippen LogP contribution is 2.22. The SMILES string of the molecule is CC(C)c1noc(CN2CCC(n3cncn3)CC2)n1. The summed E-state index contributed by atoms with van der Waals surface area (Å²) in [6, 6.07) is 0.461. The van der Waals surface area contributed by atoms with E-state index in [0.717, 1.165) is 38.3 Å². The monoisotopic (exact) mass is 276 g/mol. The lowest BCUT2D eigenvalue weighted by Crippen LogP contribution is -2.34. The predicted molar refractivity (Wildman–Crippen MR) is 72.0 cm³/mol. The van der Waals surface area contributed by atoms with E-state index in [2.05, 4.69) is 39.0 Å². The molecule has 1 saturated heterocycles. The largest absolute Gasteiger partial charge is 0.338 e. The van der Waals surface area contributed by atoms with E-state index in [1.54, 1.807) is 12.7 Å². The minimum atomic E-state index is 0.311. The molecule has 3 heterocycles. The Morgan fingerprint density at radius 1 is 1.35 bits per heavy atom. The fourth-order valence-electron chi connectivity index (χ4n) is 2.51. The number of likely N-dealkylation sites (tertiary alicyclic amines) is 1. The van der Waals surface area contributed by atoms with Crippen molar-refractivity contribution in [2.24, 2.45) is 0 Å². The number of aromatic nitrogens is 5. The second-order valence-corrected chi connectivity index (χ2v) is 5.58. The Labute approximate surface area is 118 Å². The molecule has 2 aromatic heterocycles. The van der Waals surface area contributed by atoms with Crippen LogP contribution in [0.3, 0.4) is 0 Å². The van der Waals surface area contributed by atoms with Crippen LogP contribution in [0.15, 0.2) is 17.2 Å². The van der Waals surface area contributed by atoms with Gasteiger partial charge in [-0.25, -0.2) is 9.67 Å². The molecule has 1 fully saturated rings. The molecule has 0 radical (unpaired) electrons. The molecule has 0 bridgehead atoms. The van der Waals surface area contributed by atoms with Crippen molar-refractivity contribution in [1.82, 2.24) is 29.8 Å². The lowest BCUT2D eigenvalue weighted by Gasteiger charge is -2.30. The van der Waals surface area contributed by atoms with Crippen LogP contribution in [0.2, 0.25) is 0 Å². The third-order valence-electron chi connectivity index (χ3n) is 3.73. The van der Waals surface area contributed by atoms with E-state index < -0.39 is 0 Å². The molecule has 0 atom stereocenters. The van der Waals surface area contributed by atoms with Crippen LogP contribution in [0.1, 0.15) is 50.4 Å². The average Bonchev–Trinajstić information content (AvgIpc) is 3.10. The van der Waals surface area contributed by atoms with Crippen LogP contribution in [0.25, 0.3) is 0 Å². The summed E-state index contributed by atoms with van der Waals surface area (Å²) in [5, 5.41) is 8.22. The van der Waals surface area contributed by atoms with Crippen molar-refractivity contribution in [2.75, 3.05) is 13.1 Å². The summed E-state index contributed by atoms with van der Waals surface area (Å²) < 4.78 is 7.26. The van der Waals surface area contributed by atoms with Crippen molar-refractivity contribution in [3.05, 3.63) is 24.4 Å². The highest BCUT2D eigenvalue weighted by molar-refractivity contribution is 4.92. The van der Waals surface area contributed by atoms with Gasteiger partial charge in [0.2, 0.25) is 5.89 Å². The second kappa shape index (κ2) is 5.70. The van der Waals surface area contributed by atoms with E-state index in [4.69, 9.17) is 4.52 Å². The Morgan fingerprint density at radius 3 is 2.75 bits per heavy atom. The molecule has 0 aliphatic carbocycles. The lowest BCUT2D eigenvalue weighted by molar-refractivity contribution is 0.156. The molecule has 1 aliphatic heterocycles. The Hall–Kier alpha value is -1.76. The molecule has 0 saturated carbocycles. The van der Waals surface area contributed by atoms with Gasteiger partial charge in [0, 0.05) is 19.0 Å². The lowest BCUT2D eigenvalue weighted by atomic mass is 10.1. The zero-order valence-corrected chi connectivity index (χ0v) is 11.9. The van der Waals surface area contributed by atoms with Gasteiger partial charge in [-0.3, -0.25) is 4.90 Å². The van der Waals surface area contributed by atoms with Crippen LogP contribution < -0.4 is 0 Å². The Bertz CT molecular complexity index is 527. The van der Waals surface area contributed by atoms with Crippen LogP contribution in [0, 0.1) is 0 Å². The summed E-state index contributed by atoms with van der Waals surface area (Å²) in [7, 11) is 0. The Morgan fingerprint density at radius 2 is 2.15 bits per heavy atom. The first kappa shape index (κ1) is 13.2. The number of nitrogens with zero attached hydrogens (tertiary/aromatic N) is 6. The topological polar surface area (TPSA) is 72.9 Å². The van der Waals surface area contributed by atoms with Crippen LogP contribution >= 0.6 is 0 Å². The molecule has 0 aromatic carbocycles.